The van der Waals surface area contributed by atoms with Crippen molar-refractivity contribution in [3.05, 3.63) is 238 Å². The van der Waals surface area contributed by atoms with E-state index in [0.717, 1.165) is 40.0 Å². The summed E-state index contributed by atoms with van der Waals surface area (Å²) in [5.41, 5.74) is 22.3. The van der Waals surface area contributed by atoms with Crippen molar-refractivity contribution in [3.8, 4) is 90.6 Å². The quantitative estimate of drug-likeness (QED) is 0.108. The van der Waals surface area contributed by atoms with E-state index < -0.39 is 23.4 Å². The van der Waals surface area contributed by atoms with E-state index in [1.54, 1.807) is 6.92 Å². The summed E-state index contributed by atoms with van der Waals surface area (Å²) in [6, 6.07) is 29.6. The molecule has 0 aliphatic carbocycles. The predicted molar refractivity (Wildman–Crippen MR) is 423 cm³/mol. The van der Waals surface area contributed by atoms with E-state index >= 15 is 0 Å². The van der Waals surface area contributed by atoms with Crippen LogP contribution in [0.3, 0.4) is 0 Å². The van der Waals surface area contributed by atoms with Gasteiger partial charge in [-0.25, -0.2) is 63.6 Å². The SMILES string of the molecule is Cc1c(-c2cc(C(C)(C)C)cc[n+]2C)c(F)cc(F)c1-c1n(C)cc[n+]1C.Cc1c(-c2cc(C(C)(C)C)cc[n+]2C)cc(C(F)(F)F)cc1-c1n(C)cc[n+]1C.Cc1c(-c2ccc(C(C)(C)C)c[n+]2C)cccc1-c1n(C)cc[n+]1C.Cc1cc(C)c(-c2n(C)cc[n+]2C)c(C)c1-c1cc(C(C)(C)C)cc[n+]1C. The zero-order valence-corrected chi connectivity index (χ0v) is 69.8. The lowest BCUT2D eigenvalue weighted by Crippen LogP contribution is -2.33. The average molecular weight is 1470 g/mol. The van der Waals surface area contributed by atoms with E-state index in [-0.39, 0.29) is 21.7 Å². The topological polar surface area (TPSA) is 50.8 Å². The number of benzene rings is 4. The minimum absolute atomic E-state index is 0.0686. The summed E-state index contributed by atoms with van der Waals surface area (Å²) in [7, 11) is 23.9. The van der Waals surface area contributed by atoms with Crippen molar-refractivity contribution in [2.24, 2.45) is 84.6 Å². The smallest absolute Gasteiger partial charge is 0.233 e. The van der Waals surface area contributed by atoms with Gasteiger partial charge in [-0.1, -0.05) is 95.2 Å². The summed E-state index contributed by atoms with van der Waals surface area (Å²) < 4.78 is 95.6. The van der Waals surface area contributed by atoms with Crippen LogP contribution in [0.5, 0.6) is 0 Å². The molecule has 0 atom stereocenters. The number of rotatable bonds is 8. The third-order valence-electron chi connectivity index (χ3n) is 21.3. The molecule has 0 amide bonds. The lowest BCUT2D eigenvalue weighted by molar-refractivity contribution is -0.661. The first-order valence-corrected chi connectivity index (χ1v) is 37.0. The van der Waals surface area contributed by atoms with E-state index in [0.29, 0.717) is 33.6 Å². The summed E-state index contributed by atoms with van der Waals surface area (Å²) in [6.45, 7) is 38.8. The summed E-state index contributed by atoms with van der Waals surface area (Å²) >= 11 is 0. The van der Waals surface area contributed by atoms with Gasteiger partial charge in [0.25, 0.3) is 23.3 Å². The zero-order chi connectivity index (χ0) is 80.3. The summed E-state index contributed by atoms with van der Waals surface area (Å²) in [4.78, 5) is 0. The van der Waals surface area contributed by atoms with Gasteiger partial charge in [0.1, 0.15) is 95.0 Å². The number of aromatic nitrogens is 12. The molecule has 4 aromatic carbocycles. The number of alkyl halides is 3. The van der Waals surface area contributed by atoms with Crippen LogP contribution in [0, 0.1) is 53.2 Å². The van der Waals surface area contributed by atoms with Gasteiger partial charge in [0, 0.05) is 59.7 Å². The van der Waals surface area contributed by atoms with Gasteiger partial charge in [0.2, 0.25) is 22.8 Å². The van der Waals surface area contributed by atoms with Crippen LogP contribution in [0.25, 0.3) is 90.6 Å². The molecule has 12 rings (SSSR count). The Balaban J connectivity index is 0.000000166. The van der Waals surface area contributed by atoms with Crippen molar-refractivity contribution in [2.45, 2.75) is 152 Å². The Morgan fingerprint density at radius 2 is 0.648 bits per heavy atom. The van der Waals surface area contributed by atoms with Gasteiger partial charge in [-0.05, 0) is 144 Å². The van der Waals surface area contributed by atoms with Crippen LogP contribution in [0.15, 0.2) is 165 Å². The number of nitrogens with zero attached hydrogens (tertiary/aromatic N) is 12. The summed E-state index contributed by atoms with van der Waals surface area (Å²) in [5.74, 6) is 2.77. The van der Waals surface area contributed by atoms with E-state index in [1.165, 1.54) is 90.8 Å². The van der Waals surface area contributed by atoms with E-state index in [9.17, 15) is 22.0 Å². The van der Waals surface area contributed by atoms with Crippen LogP contribution in [-0.4, -0.2) is 18.3 Å². The Morgan fingerprint density at radius 1 is 0.287 bits per heavy atom. The number of pyridine rings is 4. The average Bonchev–Trinajstić information content (AvgIpc) is 1.19. The molecule has 8 heterocycles. The van der Waals surface area contributed by atoms with Crippen molar-refractivity contribution in [3.63, 3.8) is 0 Å². The Kier molecular flexibility index (Phi) is 23.5. The van der Waals surface area contributed by atoms with Gasteiger partial charge in [-0.2, -0.15) is 13.2 Å². The Morgan fingerprint density at radius 3 is 1.07 bits per heavy atom. The molecule has 0 fully saturated rings. The largest absolute Gasteiger partial charge is 0.416 e. The maximum absolute atomic E-state index is 15.0. The van der Waals surface area contributed by atoms with Gasteiger partial charge in [-0.3, -0.25) is 0 Å². The van der Waals surface area contributed by atoms with Crippen LogP contribution in [0.4, 0.5) is 22.0 Å². The molecule has 0 N–H and O–H groups in total. The third kappa shape index (κ3) is 17.0. The molecule has 0 unspecified atom stereocenters. The molecular weight excluding hydrogens is 1360 g/mol. The van der Waals surface area contributed by atoms with Crippen molar-refractivity contribution >= 4 is 0 Å². The fraction of sp³-hybridized carbons (Fsp3) is 0.385. The highest BCUT2D eigenvalue weighted by molar-refractivity contribution is 5.79. The molecule has 0 spiro atoms. The Hall–Kier alpha value is -10.0. The van der Waals surface area contributed by atoms with E-state index in [4.69, 9.17) is 0 Å². The predicted octanol–water partition coefficient (Wildman–Crippen LogP) is 16.4. The number of hydrogen-bond acceptors (Lipinski definition) is 0. The first-order valence-electron chi connectivity index (χ1n) is 37.0. The Bertz CT molecular complexity index is 5130. The maximum Gasteiger partial charge on any atom is 0.416 e. The normalized spacial score (nSPS) is 12.0. The minimum atomic E-state index is -4.43. The van der Waals surface area contributed by atoms with Crippen LogP contribution in [0.1, 0.15) is 144 Å². The Labute approximate surface area is 639 Å². The molecule has 17 heteroatoms. The number of hydrogen-bond donors (Lipinski definition) is 0. The van der Waals surface area contributed by atoms with Gasteiger partial charge >= 0.3 is 6.18 Å². The van der Waals surface area contributed by atoms with Crippen molar-refractivity contribution in [1.82, 2.24) is 18.3 Å². The van der Waals surface area contributed by atoms with Gasteiger partial charge in [0.05, 0.1) is 95.3 Å². The maximum atomic E-state index is 15.0. The molecule has 568 valence electrons. The fourth-order valence-corrected chi connectivity index (χ4v) is 14.8. The van der Waals surface area contributed by atoms with Gasteiger partial charge in [0.15, 0.2) is 24.8 Å². The molecule has 8 aromatic heterocycles. The monoisotopic (exact) mass is 1470 g/mol. The highest BCUT2D eigenvalue weighted by Crippen LogP contribution is 2.41. The van der Waals surface area contributed by atoms with Crippen molar-refractivity contribution < 1.29 is 58.5 Å². The summed E-state index contributed by atoms with van der Waals surface area (Å²) in [5, 5.41) is 0. The highest BCUT2D eigenvalue weighted by atomic mass is 19.4. The summed E-state index contributed by atoms with van der Waals surface area (Å²) in [6.07, 6.45) is 19.7. The molecule has 0 aliphatic rings. The molecule has 108 heavy (non-hydrogen) atoms. The van der Waals surface area contributed by atoms with Crippen LogP contribution < -0.4 is 36.5 Å². The number of halogens is 5. The molecule has 0 saturated carbocycles. The molecule has 0 bridgehead atoms. The van der Waals surface area contributed by atoms with Crippen molar-refractivity contribution in [1.29, 1.82) is 0 Å². The molecular formula is C91H117F5N12+8. The first-order chi connectivity index (χ1) is 50.0. The second kappa shape index (κ2) is 30.9. The van der Waals surface area contributed by atoms with Crippen molar-refractivity contribution in [2.75, 3.05) is 0 Å². The van der Waals surface area contributed by atoms with E-state index in [2.05, 4.69) is 266 Å². The van der Waals surface area contributed by atoms with Crippen LogP contribution in [-0.2, 0) is 112 Å². The van der Waals surface area contributed by atoms with Gasteiger partial charge < -0.3 is 0 Å². The van der Waals surface area contributed by atoms with Crippen LogP contribution >= 0.6 is 0 Å². The molecule has 0 aliphatic heterocycles. The number of imidazole rings is 4. The minimum Gasteiger partial charge on any atom is -0.233 e. The highest BCUT2D eigenvalue weighted by Gasteiger charge is 2.37. The fourth-order valence-electron chi connectivity index (χ4n) is 14.8. The third-order valence-corrected chi connectivity index (χ3v) is 21.3. The zero-order valence-electron chi connectivity index (χ0n) is 69.8. The lowest BCUT2D eigenvalue weighted by atomic mass is 9.85. The number of aryl methyl sites for hydroxylation is 14. The standard InChI is InChI=1S/C24H33N3.C23H28F3N3.C22H27F2N3.C22H29N3/c1-16-14-17(2)22(23-26(8)12-13-27(23)9)18(3)21(16)20-15-19(24(4,5)6)10-11-25(20)7;1-15-18(20-14-16(22(2,3)4)8-9-27(20)5)12-17(23(24,25)26)13-19(15)21-28(6)10-11-29(21)7;1-14-19(18-12-15(22(2,3)4)8-9-25(18)5)16(23)13-17(24)20(14)21-26(6)10-11-27(21)7;1-16-18(20-12-11-17(15-25(20)7)22(2,3)4)9-8-10-19(16)21-23(5)13-14-24(21)6/h10-15H,1-9H3;8-14H,1-7H3;8-13H,1-7H3;8-15H,1-7H3/q4*+2. The van der Waals surface area contributed by atoms with Gasteiger partial charge in [-0.15, -0.1) is 0 Å². The van der Waals surface area contributed by atoms with E-state index in [1.807, 2.05) is 138 Å². The second-order valence-electron chi connectivity index (χ2n) is 33.8. The van der Waals surface area contributed by atoms with Crippen LogP contribution in [0.2, 0.25) is 0 Å². The molecule has 12 nitrogen and oxygen atoms in total. The second-order valence-corrected chi connectivity index (χ2v) is 33.8. The molecule has 0 radical (unpaired) electrons. The molecule has 0 saturated heterocycles. The first kappa shape index (κ1) is 82.0. The molecule has 12 aromatic rings. The lowest BCUT2D eigenvalue weighted by Gasteiger charge is -2.20.